The first-order chi connectivity index (χ1) is 7.69. The summed E-state index contributed by atoms with van der Waals surface area (Å²) in [6.07, 6.45) is -2.91. The Morgan fingerprint density at radius 3 is 2.53 bits per heavy atom. The largest absolute Gasteiger partial charge is 0.419 e. The second-order valence-electron chi connectivity index (χ2n) is 3.87. The van der Waals surface area contributed by atoms with Crippen molar-refractivity contribution < 1.29 is 18.0 Å². The standard InChI is InChI=1S/C9H13F3N4O/c1-8(14-2,7(13)17)5-16-4-6(3-15-16)9(10,11)12/h3-4,14H,5H2,1-2H3,(H2,13,17). The molecule has 1 unspecified atom stereocenters. The molecule has 0 aliphatic rings. The molecule has 1 amide bonds. The van der Waals surface area contributed by atoms with Gasteiger partial charge in [0.15, 0.2) is 0 Å². The van der Waals surface area contributed by atoms with Gasteiger partial charge in [-0.15, -0.1) is 0 Å². The minimum absolute atomic E-state index is 0.0745. The molecule has 17 heavy (non-hydrogen) atoms. The minimum atomic E-state index is -4.44. The molecule has 0 radical (unpaired) electrons. The summed E-state index contributed by atoms with van der Waals surface area (Å²) in [4.78, 5) is 11.2. The lowest BCUT2D eigenvalue weighted by Gasteiger charge is -2.25. The van der Waals surface area contributed by atoms with Gasteiger partial charge in [0, 0.05) is 6.20 Å². The highest BCUT2D eigenvalue weighted by atomic mass is 19.4. The molecule has 0 aromatic carbocycles. The van der Waals surface area contributed by atoms with Gasteiger partial charge in [-0.1, -0.05) is 0 Å². The van der Waals surface area contributed by atoms with E-state index in [1.165, 1.54) is 14.0 Å². The zero-order valence-corrected chi connectivity index (χ0v) is 9.38. The quantitative estimate of drug-likeness (QED) is 0.810. The lowest BCUT2D eigenvalue weighted by atomic mass is 10.0. The van der Waals surface area contributed by atoms with Gasteiger partial charge in [-0.3, -0.25) is 9.48 Å². The third-order valence-corrected chi connectivity index (χ3v) is 2.53. The van der Waals surface area contributed by atoms with Crippen molar-refractivity contribution in [1.29, 1.82) is 0 Å². The second kappa shape index (κ2) is 4.36. The zero-order valence-electron chi connectivity index (χ0n) is 9.38. The van der Waals surface area contributed by atoms with Gasteiger partial charge in [0.25, 0.3) is 0 Å². The van der Waals surface area contributed by atoms with Crippen LogP contribution in [0.1, 0.15) is 12.5 Å². The van der Waals surface area contributed by atoms with E-state index >= 15 is 0 Å². The highest BCUT2D eigenvalue weighted by Gasteiger charge is 2.34. The predicted octanol–water partition coefficient (Wildman–Crippen LogP) is 0.365. The molecule has 0 fully saturated rings. The van der Waals surface area contributed by atoms with Crippen LogP contribution < -0.4 is 11.1 Å². The number of likely N-dealkylation sites (N-methyl/N-ethyl adjacent to an activating group) is 1. The van der Waals surface area contributed by atoms with E-state index in [1.54, 1.807) is 0 Å². The van der Waals surface area contributed by atoms with Gasteiger partial charge in [0.1, 0.15) is 5.54 Å². The van der Waals surface area contributed by atoms with E-state index < -0.39 is 23.2 Å². The summed E-state index contributed by atoms with van der Waals surface area (Å²) in [6.45, 7) is 1.42. The molecule has 1 rings (SSSR count). The summed E-state index contributed by atoms with van der Waals surface area (Å²) in [5.74, 6) is -0.663. The number of nitrogens with one attached hydrogen (secondary N) is 1. The van der Waals surface area contributed by atoms with Crippen molar-refractivity contribution in [2.24, 2.45) is 5.73 Å². The van der Waals surface area contributed by atoms with Gasteiger partial charge in [-0.25, -0.2) is 0 Å². The number of nitrogens with two attached hydrogens (primary N) is 1. The van der Waals surface area contributed by atoms with Gasteiger partial charge in [0.05, 0.1) is 18.3 Å². The van der Waals surface area contributed by atoms with Crippen molar-refractivity contribution in [2.45, 2.75) is 25.2 Å². The maximum atomic E-state index is 12.3. The van der Waals surface area contributed by atoms with Crippen LogP contribution in [0.15, 0.2) is 12.4 Å². The fourth-order valence-electron chi connectivity index (χ4n) is 1.20. The number of nitrogens with zero attached hydrogens (tertiary/aromatic N) is 2. The normalized spacial score (nSPS) is 15.6. The number of carbonyl (C=O) groups excluding carboxylic acids is 1. The van der Waals surface area contributed by atoms with Gasteiger partial charge in [-0.2, -0.15) is 18.3 Å². The van der Waals surface area contributed by atoms with Crippen molar-refractivity contribution in [3.8, 4) is 0 Å². The molecule has 1 aromatic heterocycles. The number of halogens is 3. The van der Waals surface area contributed by atoms with E-state index in [4.69, 9.17) is 5.73 Å². The predicted molar refractivity (Wildman–Crippen MR) is 53.9 cm³/mol. The molecule has 0 bridgehead atoms. The summed E-state index contributed by atoms with van der Waals surface area (Å²) in [5.41, 5.74) is 3.15. The molecule has 3 N–H and O–H groups in total. The Balaban J connectivity index is 2.89. The maximum absolute atomic E-state index is 12.3. The zero-order chi connectivity index (χ0) is 13.3. The maximum Gasteiger partial charge on any atom is 0.419 e. The molecule has 8 heteroatoms. The number of aromatic nitrogens is 2. The van der Waals surface area contributed by atoms with Crippen LogP contribution in [0.25, 0.3) is 0 Å². The van der Waals surface area contributed by atoms with Crippen LogP contribution >= 0.6 is 0 Å². The first-order valence-corrected chi connectivity index (χ1v) is 4.77. The fourth-order valence-corrected chi connectivity index (χ4v) is 1.20. The monoisotopic (exact) mass is 250 g/mol. The van der Waals surface area contributed by atoms with Gasteiger partial charge in [0.2, 0.25) is 5.91 Å². The molecule has 0 aliphatic heterocycles. The average molecular weight is 250 g/mol. The first-order valence-electron chi connectivity index (χ1n) is 4.77. The first kappa shape index (κ1) is 13.5. The number of carbonyl (C=O) groups is 1. The van der Waals surface area contributed by atoms with E-state index in [0.29, 0.717) is 6.20 Å². The smallest absolute Gasteiger partial charge is 0.368 e. The molecule has 0 saturated carbocycles. The fraction of sp³-hybridized carbons (Fsp3) is 0.556. The van der Waals surface area contributed by atoms with E-state index in [9.17, 15) is 18.0 Å². The Bertz CT molecular complexity index is 415. The van der Waals surface area contributed by atoms with Crippen molar-refractivity contribution >= 4 is 5.91 Å². The van der Waals surface area contributed by atoms with E-state index in [1.807, 2.05) is 0 Å². The van der Waals surface area contributed by atoms with Crippen LogP contribution in [0.5, 0.6) is 0 Å². The third kappa shape index (κ3) is 2.96. The van der Waals surface area contributed by atoms with Crippen LogP contribution in [-0.4, -0.2) is 28.3 Å². The van der Waals surface area contributed by atoms with Crippen LogP contribution in [0, 0.1) is 0 Å². The molecule has 0 aliphatic carbocycles. The number of rotatable bonds is 4. The topological polar surface area (TPSA) is 72.9 Å². The SMILES string of the molecule is CNC(C)(Cn1cc(C(F)(F)F)cn1)C(N)=O. The Morgan fingerprint density at radius 1 is 1.59 bits per heavy atom. The number of hydrogen-bond donors (Lipinski definition) is 2. The molecule has 0 saturated heterocycles. The van der Waals surface area contributed by atoms with Gasteiger partial charge < -0.3 is 11.1 Å². The molecule has 96 valence electrons. The summed E-state index contributed by atoms with van der Waals surface area (Å²) < 4.78 is 38.0. The van der Waals surface area contributed by atoms with E-state index in [2.05, 4.69) is 10.4 Å². The summed E-state index contributed by atoms with van der Waals surface area (Å²) in [7, 11) is 1.50. The Labute approximate surface area is 95.8 Å². The molecular formula is C9H13F3N4O. The molecule has 5 nitrogen and oxygen atoms in total. The van der Waals surface area contributed by atoms with E-state index in [0.717, 1.165) is 10.9 Å². The summed E-state index contributed by atoms with van der Waals surface area (Å²) in [5, 5.41) is 6.20. The van der Waals surface area contributed by atoms with Crippen molar-refractivity contribution in [3.05, 3.63) is 18.0 Å². The minimum Gasteiger partial charge on any atom is -0.368 e. The molecule has 1 atom stereocenters. The van der Waals surface area contributed by atoms with Crippen LogP contribution in [-0.2, 0) is 17.5 Å². The van der Waals surface area contributed by atoms with Crippen molar-refractivity contribution in [2.75, 3.05) is 7.05 Å². The second-order valence-corrected chi connectivity index (χ2v) is 3.87. The number of hydrogen-bond acceptors (Lipinski definition) is 3. The highest BCUT2D eigenvalue weighted by molar-refractivity contribution is 5.84. The number of amides is 1. The Kier molecular flexibility index (Phi) is 3.46. The highest BCUT2D eigenvalue weighted by Crippen LogP contribution is 2.28. The van der Waals surface area contributed by atoms with Crippen molar-refractivity contribution in [1.82, 2.24) is 15.1 Å². The van der Waals surface area contributed by atoms with Crippen molar-refractivity contribution in [3.63, 3.8) is 0 Å². The van der Waals surface area contributed by atoms with Gasteiger partial charge >= 0.3 is 6.18 Å². The Morgan fingerprint density at radius 2 is 2.18 bits per heavy atom. The molecule has 1 aromatic rings. The summed E-state index contributed by atoms with van der Waals surface area (Å²) in [6, 6.07) is 0. The van der Waals surface area contributed by atoms with E-state index in [-0.39, 0.29) is 6.54 Å². The molecular weight excluding hydrogens is 237 g/mol. The van der Waals surface area contributed by atoms with Crippen LogP contribution in [0.2, 0.25) is 0 Å². The van der Waals surface area contributed by atoms with Crippen LogP contribution in [0.3, 0.4) is 0 Å². The lowest BCUT2D eigenvalue weighted by Crippen LogP contribution is -2.54. The Hall–Kier alpha value is -1.57. The molecule has 1 heterocycles. The molecule has 0 spiro atoms. The third-order valence-electron chi connectivity index (χ3n) is 2.53. The summed E-state index contributed by atoms with van der Waals surface area (Å²) >= 11 is 0. The van der Waals surface area contributed by atoms with Gasteiger partial charge in [-0.05, 0) is 14.0 Å². The number of primary amides is 1. The lowest BCUT2D eigenvalue weighted by molar-refractivity contribution is -0.137. The average Bonchev–Trinajstić information content (AvgIpc) is 2.65. The number of alkyl halides is 3. The van der Waals surface area contributed by atoms with Crippen LogP contribution in [0.4, 0.5) is 13.2 Å².